The Morgan fingerprint density at radius 1 is 1.24 bits per heavy atom. The summed E-state index contributed by atoms with van der Waals surface area (Å²) in [5.74, 6) is -0.897. The fourth-order valence-electron chi connectivity index (χ4n) is 3.96. The number of aromatic nitrogens is 2. The summed E-state index contributed by atoms with van der Waals surface area (Å²) in [6.45, 7) is 7.13. The average molecular weight is 484 g/mol. The molecular formula is C23H19Cl2N5O3. The van der Waals surface area contributed by atoms with E-state index in [1.165, 1.54) is 0 Å². The van der Waals surface area contributed by atoms with Gasteiger partial charge in [0.05, 0.1) is 43.4 Å². The van der Waals surface area contributed by atoms with E-state index in [0.717, 1.165) is 0 Å². The molecule has 4 rings (SSSR count). The van der Waals surface area contributed by atoms with Gasteiger partial charge >= 0.3 is 0 Å². The third-order valence-corrected chi connectivity index (χ3v) is 6.06. The maximum atomic E-state index is 13.1. The first kappa shape index (κ1) is 22.8. The number of carbonyl (C=O) groups excluding carboxylic acids is 2. The van der Waals surface area contributed by atoms with Gasteiger partial charge < -0.3 is 15.7 Å². The van der Waals surface area contributed by atoms with Crippen molar-refractivity contribution in [1.29, 1.82) is 0 Å². The molecule has 2 aromatic carbocycles. The number of primary amides is 1. The normalized spacial score (nSPS) is 15.1. The highest BCUT2D eigenvalue weighted by Gasteiger charge is 2.34. The van der Waals surface area contributed by atoms with Crippen LogP contribution in [0.2, 0.25) is 10.0 Å². The molecule has 3 aromatic rings. The van der Waals surface area contributed by atoms with Crippen LogP contribution in [0.15, 0.2) is 42.5 Å². The number of halogens is 2. The van der Waals surface area contributed by atoms with Crippen molar-refractivity contribution >= 4 is 40.7 Å². The van der Waals surface area contributed by atoms with Crippen molar-refractivity contribution < 1.29 is 14.7 Å². The SMILES string of the molecule is [C-]#[N+]c1ccc(CC(=O)N2Cc3c(C(N)=O)c(-c4cccc(Cl)c4)nn3C(CO)C2)cc1Cl. The largest absolute Gasteiger partial charge is 0.394 e. The number of rotatable bonds is 5. The number of fused-ring (bicyclic) bond motifs is 1. The van der Waals surface area contributed by atoms with Gasteiger partial charge in [-0.2, -0.15) is 5.10 Å². The molecule has 2 heterocycles. The van der Waals surface area contributed by atoms with Crippen LogP contribution in [0.1, 0.15) is 27.7 Å². The van der Waals surface area contributed by atoms with Crippen molar-refractivity contribution in [2.45, 2.75) is 19.0 Å². The van der Waals surface area contributed by atoms with E-state index in [9.17, 15) is 14.7 Å². The second kappa shape index (κ2) is 9.24. The van der Waals surface area contributed by atoms with Crippen LogP contribution in [0.4, 0.5) is 5.69 Å². The Balaban J connectivity index is 1.68. The predicted octanol–water partition coefficient (Wildman–Crippen LogP) is 3.62. The molecule has 1 aromatic heterocycles. The summed E-state index contributed by atoms with van der Waals surface area (Å²) in [6.07, 6.45) is 0.0529. The van der Waals surface area contributed by atoms with E-state index in [1.807, 2.05) is 0 Å². The number of aliphatic hydroxyl groups is 1. The van der Waals surface area contributed by atoms with Gasteiger partial charge in [-0.25, -0.2) is 4.85 Å². The van der Waals surface area contributed by atoms with Gasteiger partial charge in [-0.1, -0.05) is 53.5 Å². The lowest BCUT2D eigenvalue weighted by Crippen LogP contribution is -2.43. The lowest BCUT2D eigenvalue weighted by Gasteiger charge is -2.33. The molecule has 0 bridgehead atoms. The van der Waals surface area contributed by atoms with Gasteiger partial charge in [0.1, 0.15) is 5.69 Å². The molecule has 1 unspecified atom stereocenters. The number of nitrogens with two attached hydrogens (primary N) is 1. The van der Waals surface area contributed by atoms with Crippen molar-refractivity contribution in [3.8, 4) is 11.3 Å². The van der Waals surface area contributed by atoms with Gasteiger partial charge in [0.15, 0.2) is 0 Å². The number of hydrogen-bond acceptors (Lipinski definition) is 4. The first-order valence-corrected chi connectivity index (χ1v) is 10.8. The highest BCUT2D eigenvalue weighted by Crippen LogP contribution is 2.33. The van der Waals surface area contributed by atoms with Crippen LogP contribution in [0.5, 0.6) is 0 Å². The van der Waals surface area contributed by atoms with Crippen molar-refractivity contribution in [3.05, 3.63) is 80.7 Å². The highest BCUT2D eigenvalue weighted by atomic mass is 35.5. The minimum absolute atomic E-state index is 0.0529. The topological polar surface area (TPSA) is 106 Å². The molecule has 0 aliphatic carbocycles. The molecule has 2 amide bonds. The zero-order valence-corrected chi connectivity index (χ0v) is 18.8. The van der Waals surface area contributed by atoms with Crippen LogP contribution < -0.4 is 5.73 Å². The Morgan fingerprint density at radius 3 is 2.67 bits per heavy atom. The van der Waals surface area contributed by atoms with Gasteiger partial charge in [0.2, 0.25) is 11.6 Å². The van der Waals surface area contributed by atoms with Gasteiger partial charge in [0.25, 0.3) is 5.91 Å². The van der Waals surface area contributed by atoms with Crippen molar-refractivity contribution in [2.24, 2.45) is 5.73 Å². The standard InChI is InChI=1S/C23H19Cl2N5O3/c1-27-18-6-5-13(7-17(18)25)8-20(32)29-10-16(12-31)30-19(11-29)21(23(26)33)22(28-30)14-3-2-4-15(24)9-14/h2-7,9,16,31H,8,10-12H2,(H2,26,33). The molecule has 0 saturated heterocycles. The molecule has 1 atom stereocenters. The minimum atomic E-state index is -0.682. The van der Waals surface area contributed by atoms with Crippen molar-refractivity contribution in [3.63, 3.8) is 0 Å². The van der Waals surface area contributed by atoms with E-state index in [0.29, 0.717) is 33.2 Å². The molecule has 1 aliphatic heterocycles. The first-order chi connectivity index (χ1) is 15.8. The molecule has 8 nitrogen and oxygen atoms in total. The maximum absolute atomic E-state index is 13.1. The number of carbonyl (C=O) groups is 2. The molecule has 0 radical (unpaired) electrons. The second-order valence-corrected chi connectivity index (χ2v) is 8.52. The van der Waals surface area contributed by atoms with Gasteiger partial charge in [0, 0.05) is 22.2 Å². The van der Waals surface area contributed by atoms with Crippen molar-refractivity contribution in [2.75, 3.05) is 13.2 Å². The molecule has 3 N–H and O–H groups in total. The van der Waals surface area contributed by atoms with Crippen LogP contribution in [0, 0.1) is 6.57 Å². The van der Waals surface area contributed by atoms with E-state index >= 15 is 0 Å². The lowest BCUT2D eigenvalue weighted by atomic mass is 10.0. The third-order valence-electron chi connectivity index (χ3n) is 5.52. The number of benzene rings is 2. The summed E-state index contributed by atoms with van der Waals surface area (Å²) >= 11 is 12.2. The van der Waals surface area contributed by atoms with Gasteiger partial charge in [-0.15, -0.1) is 0 Å². The quantitative estimate of drug-likeness (QED) is 0.540. The lowest BCUT2D eigenvalue weighted by molar-refractivity contribution is -0.132. The van der Waals surface area contributed by atoms with Crippen LogP contribution in [-0.4, -0.2) is 44.8 Å². The van der Waals surface area contributed by atoms with Gasteiger partial charge in [-0.05, 0) is 17.7 Å². The number of amides is 2. The Hall–Kier alpha value is -3.38. The first-order valence-electron chi connectivity index (χ1n) is 10.0. The maximum Gasteiger partial charge on any atom is 0.252 e. The predicted molar refractivity (Wildman–Crippen MR) is 124 cm³/mol. The summed E-state index contributed by atoms with van der Waals surface area (Å²) < 4.78 is 1.57. The third kappa shape index (κ3) is 4.44. The van der Waals surface area contributed by atoms with Crippen LogP contribution >= 0.6 is 23.2 Å². The second-order valence-electron chi connectivity index (χ2n) is 7.67. The summed E-state index contributed by atoms with van der Waals surface area (Å²) in [4.78, 5) is 30.4. The van der Waals surface area contributed by atoms with Crippen LogP contribution in [0.3, 0.4) is 0 Å². The average Bonchev–Trinajstić information content (AvgIpc) is 3.18. The van der Waals surface area contributed by atoms with Crippen molar-refractivity contribution in [1.82, 2.24) is 14.7 Å². The summed E-state index contributed by atoms with van der Waals surface area (Å²) in [6, 6.07) is 11.2. The monoisotopic (exact) mass is 483 g/mol. The molecule has 0 saturated carbocycles. The molecule has 168 valence electrons. The Bertz CT molecular complexity index is 1300. The zero-order chi connectivity index (χ0) is 23.7. The fraction of sp³-hybridized carbons (Fsp3) is 0.217. The molecule has 1 aliphatic rings. The Morgan fingerprint density at radius 2 is 2.03 bits per heavy atom. The Labute approximate surface area is 199 Å². The van der Waals surface area contributed by atoms with Crippen LogP contribution in [-0.2, 0) is 17.8 Å². The molecular weight excluding hydrogens is 465 g/mol. The van der Waals surface area contributed by atoms with Crippen LogP contribution in [0.25, 0.3) is 16.1 Å². The molecule has 0 spiro atoms. The molecule has 0 fully saturated rings. The van der Waals surface area contributed by atoms with E-state index in [-0.39, 0.29) is 42.6 Å². The highest BCUT2D eigenvalue weighted by molar-refractivity contribution is 6.33. The summed E-state index contributed by atoms with van der Waals surface area (Å²) in [5, 5.41) is 15.3. The van der Waals surface area contributed by atoms with E-state index in [1.54, 1.807) is 52.0 Å². The van der Waals surface area contributed by atoms with E-state index < -0.39 is 11.9 Å². The number of hydrogen-bond donors (Lipinski definition) is 2. The minimum Gasteiger partial charge on any atom is -0.394 e. The summed E-state index contributed by atoms with van der Waals surface area (Å²) in [7, 11) is 0. The number of aliphatic hydroxyl groups excluding tert-OH is 1. The molecule has 10 heteroatoms. The van der Waals surface area contributed by atoms with E-state index in [2.05, 4.69) is 9.94 Å². The summed E-state index contributed by atoms with van der Waals surface area (Å²) in [5.41, 5.74) is 8.30. The number of nitrogens with zero attached hydrogens (tertiary/aromatic N) is 4. The van der Waals surface area contributed by atoms with E-state index in [4.69, 9.17) is 35.5 Å². The Kier molecular flexibility index (Phi) is 6.38. The zero-order valence-electron chi connectivity index (χ0n) is 17.3. The molecule has 33 heavy (non-hydrogen) atoms. The smallest absolute Gasteiger partial charge is 0.252 e. The fourth-order valence-corrected chi connectivity index (χ4v) is 4.39. The van der Waals surface area contributed by atoms with Gasteiger partial charge in [-0.3, -0.25) is 14.3 Å².